The monoisotopic (exact) mass is 159 g/mol. The van der Waals surface area contributed by atoms with E-state index in [2.05, 4.69) is 0 Å². The first kappa shape index (κ1) is 8.00. The molecule has 2 N–H and O–H groups in total. The molecular weight excluding hydrogens is 150 g/mol. The van der Waals surface area contributed by atoms with E-state index in [4.69, 9.17) is 10.2 Å². The number of carboxylic acids is 1. The number of aliphatic hydroxyl groups is 1. The molecule has 0 atom stereocenters. The van der Waals surface area contributed by atoms with Crippen molar-refractivity contribution in [2.45, 2.75) is 12.5 Å². The van der Waals surface area contributed by atoms with Gasteiger partial charge in [0.1, 0.15) is 6.42 Å². The van der Waals surface area contributed by atoms with Crippen molar-refractivity contribution in [2.24, 2.45) is 0 Å². The normalized spacial score (nSPS) is 17.7. The second-order valence-electron chi connectivity index (χ2n) is 2.52. The van der Waals surface area contributed by atoms with Crippen molar-refractivity contribution in [3.05, 3.63) is 0 Å². The predicted molar refractivity (Wildman–Crippen MR) is 34.8 cm³/mol. The predicted octanol–water partition coefficient (Wildman–Crippen LogP) is -1.34. The van der Waals surface area contributed by atoms with Gasteiger partial charge in [-0.3, -0.25) is 9.59 Å². The maximum absolute atomic E-state index is 10.8. The Bertz CT molecular complexity index is 185. The first-order valence-corrected chi connectivity index (χ1v) is 3.27. The second-order valence-corrected chi connectivity index (χ2v) is 2.52. The topological polar surface area (TPSA) is 77.8 Å². The molecule has 0 bridgehead atoms. The Morgan fingerprint density at radius 3 is 2.36 bits per heavy atom. The number of β-amino-alcohol motifs (C(OH)–C–C–N with tert-alkyl or cyclic N) is 1. The van der Waals surface area contributed by atoms with E-state index in [9.17, 15) is 9.59 Å². The van der Waals surface area contributed by atoms with Gasteiger partial charge in [-0.15, -0.1) is 0 Å². The molecule has 5 heteroatoms. The Morgan fingerprint density at radius 1 is 1.45 bits per heavy atom. The number of hydrogen-bond acceptors (Lipinski definition) is 3. The highest BCUT2D eigenvalue weighted by molar-refractivity contribution is 5.93. The molecule has 0 unspecified atom stereocenters. The Balaban J connectivity index is 2.27. The largest absolute Gasteiger partial charge is 0.481 e. The molecule has 1 saturated heterocycles. The lowest BCUT2D eigenvalue weighted by atomic mass is 10.1. The lowest BCUT2D eigenvalue weighted by molar-refractivity contribution is -0.149. The molecule has 1 amide bonds. The minimum atomic E-state index is -1.13. The van der Waals surface area contributed by atoms with E-state index in [0.29, 0.717) is 0 Å². The summed E-state index contributed by atoms with van der Waals surface area (Å²) in [4.78, 5) is 22.2. The third-order valence-electron chi connectivity index (χ3n) is 1.52. The SMILES string of the molecule is O=C(O)CC(=O)N1CC(O)C1. The number of aliphatic carboxylic acids is 1. The summed E-state index contributed by atoms with van der Waals surface area (Å²) in [5, 5.41) is 17.0. The number of likely N-dealkylation sites (tertiary alicyclic amines) is 1. The van der Waals surface area contributed by atoms with E-state index in [1.54, 1.807) is 0 Å². The van der Waals surface area contributed by atoms with Crippen LogP contribution in [0.5, 0.6) is 0 Å². The molecule has 1 fully saturated rings. The maximum Gasteiger partial charge on any atom is 0.312 e. The van der Waals surface area contributed by atoms with Crippen LogP contribution in [0.4, 0.5) is 0 Å². The van der Waals surface area contributed by atoms with Crippen LogP contribution in [0.2, 0.25) is 0 Å². The molecular formula is C6H9NO4. The first-order chi connectivity index (χ1) is 5.09. The van der Waals surface area contributed by atoms with Gasteiger partial charge in [0.15, 0.2) is 0 Å². The van der Waals surface area contributed by atoms with Crippen molar-refractivity contribution in [3.8, 4) is 0 Å². The minimum absolute atomic E-state index is 0.270. The highest BCUT2D eigenvalue weighted by Gasteiger charge is 2.29. The Morgan fingerprint density at radius 2 is 2.00 bits per heavy atom. The molecule has 1 aliphatic rings. The molecule has 1 rings (SSSR count). The molecule has 0 aliphatic carbocycles. The number of nitrogens with zero attached hydrogens (tertiary/aromatic N) is 1. The van der Waals surface area contributed by atoms with Crippen LogP contribution in [-0.2, 0) is 9.59 Å². The number of aliphatic hydroxyl groups excluding tert-OH is 1. The number of carbonyl (C=O) groups is 2. The molecule has 11 heavy (non-hydrogen) atoms. The van der Waals surface area contributed by atoms with E-state index in [-0.39, 0.29) is 13.1 Å². The van der Waals surface area contributed by atoms with Gasteiger partial charge in [-0.25, -0.2) is 0 Å². The van der Waals surface area contributed by atoms with E-state index in [0.717, 1.165) is 0 Å². The van der Waals surface area contributed by atoms with Gasteiger partial charge in [0.05, 0.1) is 6.10 Å². The molecule has 0 aromatic rings. The van der Waals surface area contributed by atoms with Crippen LogP contribution in [0, 0.1) is 0 Å². The maximum atomic E-state index is 10.8. The van der Waals surface area contributed by atoms with E-state index < -0.39 is 24.4 Å². The van der Waals surface area contributed by atoms with Crippen LogP contribution < -0.4 is 0 Å². The Hall–Kier alpha value is -1.10. The van der Waals surface area contributed by atoms with Crippen molar-refractivity contribution in [1.29, 1.82) is 0 Å². The first-order valence-electron chi connectivity index (χ1n) is 3.27. The highest BCUT2D eigenvalue weighted by atomic mass is 16.4. The second kappa shape index (κ2) is 2.87. The number of amides is 1. The molecule has 5 nitrogen and oxygen atoms in total. The van der Waals surface area contributed by atoms with Crippen LogP contribution in [-0.4, -0.2) is 46.2 Å². The standard InChI is InChI=1S/C6H9NO4/c8-4-2-7(3-4)5(9)1-6(10)11/h4,8H,1-3H2,(H,10,11). The fourth-order valence-corrected chi connectivity index (χ4v) is 0.900. The number of carboxylic acid groups (broad SMARTS) is 1. The van der Waals surface area contributed by atoms with Crippen LogP contribution in [0.1, 0.15) is 6.42 Å². The zero-order valence-corrected chi connectivity index (χ0v) is 5.86. The molecule has 1 aliphatic heterocycles. The average molecular weight is 159 g/mol. The summed E-state index contributed by atoms with van der Waals surface area (Å²) in [5.41, 5.74) is 0. The van der Waals surface area contributed by atoms with Gasteiger partial charge in [-0.1, -0.05) is 0 Å². The zero-order chi connectivity index (χ0) is 8.43. The molecule has 62 valence electrons. The smallest absolute Gasteiger partial charge is 0.312 e. The molecule has 1 heterocycles. The summed E-state index contributed by atoms with van der Waals surface area (Å²) in [6.07, 6.45) is -0.944. The highest BCUT2D eigenvalue weighted by Crippen LogP contribution is 2.08. The molecule has 0 aromatic heterocycles. The van der Waals surface area contributed by atoms with Crippen molar-refractivity contribution < 1.29 is 19.8 Å². The van der Waals surface area contributed by atoms with Crippen molar-refractivity contribution in [1.82, 2.24) is 4.90 Å². The molecule has 0 saturated carbocycles. The van der Waals surface area contributed by atoms with E-state index in [1.165, 1.54) is 4.90 Å². The van der Waals surface area contributed by atoms with Gasteiger partial charge >= 0.3 is 5.97 Å². The third-order valence-corrected chi connectivity index (χ3v) is 1.52. The van der Waals surface area contributed by atoms with E-state index in [1.807, 2.05) is 0 Å². The van der Waals surface area contributed by atoms with Gasteiger partial charge < -0.3 is 15.1 Å². The average Bonchev–Trinajstić information content (AvgIpc) is 1.79. The lowest BCUT2D eigenvalue weighted by Crippen LogP contribution is -2.53. The van der Waals surface area contributed by atoms with Gasteiger partial charge in [-0.2, -0.15) is 0 Å². The molecule has 0 aromatic carbocycles. The molecule has 0 radical (unpaired) electrons. The van der Waals surface area contributed by atoms with Crippen LogP contribution in [0.3, 0.4) is 0 Å². The van der Waals surface area contributed by atoms with Crippen molar-refractivity contribution in [2.75, 3.05) is 13.1 Å². The van der Waals surface area contributed by atoms with Crippen LogP contribution in [0.25, 0.3) is 0 Å². The number of carbonyl (C=O) groups excluding carboxylic acids is 1. The van der Waals surface area contributed by atoms with Crippen molar-refractivity contribution in [3.63, 3.8) is 0 Å². The van der Waals surface area contributed by atoms with Gasteiger partial charge in [0.2, 0.25) is 5.91 Å². The Kier molecular flexibility index (Phi) is 2.09. The van der Waals surface area contributed by atoms with E-state index >= 15 is 0 Å². The number of rotatable bonds is 2. The van der Waals surface area contributed by atoms with Gasteiger partial charge in [0, 0.05) is 13.1 Å². The Labute approximate surface area is 63.2 Å². The zero-order valence-electron chi connectivity index (χ0n) is 5.86. The minimum Gasteiger partial charge on any atom is -0.481 e. The van der Waals surface area contributed by atoms with Crippen LogP contribution in [0.15, 0.2) is 0 Å². The van der Waals surface area contributed by atoms with Gasteiger partial charge in [0.25, 0.3) is 0 Å². The summed E-state index contributed by atoms with van der Waals surface area (Å²) in [7, 11) is 0. The van der Waals surface area contributed by atoms with Gasteiger partial charge in [-0.05, 0) is 0 Å². The fourth-order valence-electron chi connectivity index (χ4n) is 0.900. The summed E-state index contributed by atoms with van der Waals surface area (Å²) in [6.45, 7) is 0.540. The summed E-state index contributed by atoms with van der Waals surface area (Å²) in [5.74, 6) is -1.56. The van der Waals surface area contributed by atoms with Crippen LogP contribution >= 0.6 is 0 Å². The summed E-state index contributed by atoms with van der Waals surface area (Å²) in [6, 6.07) is 0. The quantitative estimate of drug-likeness (QED) is 0.489. The molecule has 0 spiro atoms. The van der Waals surface area contributed by atoms with Crippen molar-refractivity contribution >= 4 is 11.9 Å². The lowest BCUT2D eigenvalue weighted by Gasteiger charge is -2.35. The summed E-state index contributed by atoms with van der Waals surface area (Å²) >= 11 is 0. The third kappa shape index (κ3) is 1.91. The number of hydrogen-bond donors (Lipinski definition) is 2. The summed E-state index contributed by atoms with van der Waals surface area (Å²) < 4.78 is 0. The fraction of sp³-hybridized carbons (Fsp3) is 0.667.